The first-order valence-electron chi connectivity index (χ1n) is 7.29. The quantitative estimate of drug-likeness (QED) is 0.816. The number of benzene rings is 1. The van der Waals surface area contributed by atoms with Crippen molar-refractivity contribution in [2.45, 2.75) is 51.5 Å². The minimum Gasteiger partial charge on any atom is -0.508 e. The lowest BCUT2D eigenvalue weighted by Crippen LogP contribution is -2.25. The summed E-state index contributed by atoms with van der Waals surface area (Å²) in [5.41, 5.74) is 0.775. The van der Waals surface area contributed by atoms with Crippen LogP contribution in [0.15, 0.2) is 24.3 Å². The maximum atomic E-state index is 11.9. The number of hydrogen-bond donors (Lipinski definition) is 2. The first-order chi connectivity index (χ1) is 9.25. The highest BCUT2D eigenvalue weighted by Gasteiger charge is 2.16. The van der Waals surface area contributed by atoms with Gasteiger partial charge in [-0.05, 0) is 24.8 Å². The van der Waals surface area contributed by atoms with Crippen LogP contribution in [0, 0.1) is 5.92 Å². The van der Waals surface area contributed by atoms with Gasteiger partial charge in [0.25, 0.3) is 0 Å². The Morgan fingerprint density at radius 3 is 2.53 bits per heavy atom. The molecule has 0 aliphatic heterocycles. The number of amides is 1. The van der Waals surface area contributed by atoms with Crippen LogP contribution < -0.4 is 5.32 Å². The molecule has 3 nitrogen and oxygen atoms in total. The van der Waals surface area contributed by atoms with E-state index in [-0.39, 0.29) is 11.7 Å². The lowest BCUT2D eigenvalue weighted by molar-refractivity contribution is -0.122. The average molecular weight is 261 g/mol. The Morgan fingerprint density at radius 1 is 1.16 bits per heavy atom. The Morgan fingerprint density at radius 2 is 1.84 bits per heavy atom. The topological polar surface area (TPSA) is 49.3 Å². The molecule has 1 amide bonds. The van der Waals surface area contributed by atoms with E-state index in [1.165, 1.54) is 38.5 Å². The third-order valence-corrected chi connectivity index (χ3v) is 3.92. The van der Waals surface area contributed by atoms with Crippen LogP contribution in [0.1, 0.15) is 50.5 Å². The molecule has 0 aromatic heterocycles. The molecule has 1 aliphatic carbocycles. The van der Waals surface area contributed by atoms with Crippen LogP contribution in [0.4, 0.5) is 0 Å². The molecule has 1 aliphatic rings. The number of hydrogen-bond acceptors (Lipinski definition) is 2. The van der Waals surface area contributed by atoms with Gasteiger partial charge in [-0.3, -0.25) is 4.79 Å². The van der Waals surface area contributed by atoms with Gasteiger partial charge in [0.2, 0.25) is 5.91 Å². The molecule has 0 saturated heterocycles. The molecule has 3 heteroatoms. The van der Waals surface area contributed by atoms with Gasteiger partial charge in [0.05, 0.1) is 0 Å². The zero-order valence-corrected chi connectivity index (χ0v) is 11.4. The fourth-order valence-electron chi connectivity index (χ4n) is 2.76. The Labute approximate surface area is 115 Å². The minimum atomic E-state index is 0.107. The fourth-order valence-corrected chi connectivity index (χ4v) is 2.76. The molecule has 0 radical (unpaired) electrons. The van der Waals surface area contributed by atoms with E-state index < -0.39 is 0 Å². The molecule has 2 N–H and O–H groups in total. The van der Waals surface area contributed by atoms with Gasteiger partial charge >= 0.3 is 0 Å². The molecule has 104 valence electrons. The summed E-state index contributed by atoms with van der Waals surface area (Å²) in [6.07, 6.45) is 8.16. The zero-order chi connectivity index (χ0) is 13.5. The van der Waals surface area contributed by atoms with E-state index in [0.29, 0.717) is 18.9 Å². The second-order valence-corrected chi connectivity index (χ2v) is 5.47. The molecule has 1 aromatic carbocycles. The van der Waals surface area contributed by atoms with Crippen molar-refractivity contribution in [3.05, 3.63) is 29.8 Å². The SMILES string of the molecule is O=C(CC1CCCCCC1)NCc1ccccc1O. The first-order valence-corrected chi connectivity index (χ1v) is 7.29. The number of rotatable bonds is 4. The van der Waals surface area contributed by atoms with Gasteiger partial charge in [-0.25, -0.2) is 0 Å². The molecule has 0 spiro atoms. The first kappa shape index (κ1) is 13.9. The third-order valence-electron chi connectivity index (χ3n) is 3.92. The van der Waals surface area contributed by atoms with E-state index in [1.54, 1.807) is 12.1 Å². The minimum absolute atomic E-state index is 0.107. The van der Waals surface area contributed by atoms with Gasteiger partial charge in [0, 0.05) is 18.5 Å². The number of aromatic hydroxyl groups is 1. The van der Waals surface area contributed by atoms with Gasteiger partial charge in [-0.15, -0.1) is 0 Å². The van der Waals surface area contributed by atoms with Crippen LogP contribution in [-0.4, -0.2) is 11.0 Å². The molecule has 0 bridgehead atoms. The van der Waals surface area contributed by atoms with Crippen molar-refractivity contribution in [2.24, 2.45) is 5.92 Å². The number of para-hydroxylation sites is 1. The molecule has 0 unspecified atom stereocenters. The molecular formula is C16H23NO2. The number of nitrogens with one attached hydrogen (secondary N) is 1. The van der Waals surface area contributed by atoms with Crippen molar-refractivity contribution in [3.8, 4) is 5.75 Å². The third kappa shape index (κ3) is 4.58. The summed E-state index contributed by atoms with van der Waals surface area (Å²) in [6, 6.07) is 7.13. The molecule has 2 rings (SSSR count). The van der Waals surface area contributed by atoms with E-state index in [2.05, 4.69) is 5.32 Å². The predicted molar refractivity (Wildman–Crippen MR) is 75.8 cm³/mol. The van der Waals surface area contributed by atoms with Crippen LogP contribution >= 0.6 is 0 Å². The summed E-state index contributed by atoms with van der Waals surface area (Å²) < 4.78 is 0. The summed E-state index contributed by atoms with van der Waals surface area (Å²) in [4.78, 5) is 11.9. The average Bonchev–Trinajstić information content (AvgIpc) is 2.66. The Kier molecular flexibility index (Phi) is 5.25. The highest BCUT2D eigenvalue weighted by molar-refractivity contribution is 5.76. The van der Waals surface area contributed by atoms with E-state index in [9.17, 15) is 9.90 Å². The smallest absolute Gasteiger partial charge is 0.220 e. The van der Waals surface area contributed by atoms with Crippen LogP contribution in [-0.2, 0) is 11.3 Å². The van der Waals surface area contributed by atoms with Crippen LogP contribution in [0.2, 0.25) is 0 Å². The van der Waals surface area contributed by atoms with Gasteiger partial charge in [-0.2, -0.15) is 0 Å². The fraction of sp³-hybridized carbons (Fsp3) is 0.562. The summed E-state index contributed by atoms with van der Waals surface area (Å²) in [7, 11) is 0. The number of phenols is 1. The summed E-state index contributed by atoms with van der Waals surface area (Å²) >= 11 is 0. The second-order valence-electron chi connectivity index (χ2n) is 5.47. The normalized spacial score (nSPS) is 16.8. The van der Waals surface area contributed by atoms with E-state index >= 15 is 0 Å². The predicted octanol–water partition coefficient (Wildman–Crippen LogP) is 3.37. The highest BCUT2D eigenvalue weighted by atomic mass is 16.3. The highest BCUT2D eigenvalue weighted by Crippen LogP contribution is 2.25. The molecule has 19 heavy (non-hydrogen) atoms. The van der Waals surface area contributed by atoms with Gasteiger partial charge < -0.3 is 10.4 Å². The van der Waals surface area contributed by atoms with Crippen LogP contribution in [0.25, 0.3) is 0 Å². The van der Waals surface area contributed by atoms with Crippen molar-refractivity contribution in [3.63, 3.8) is 0 Å². The van der Waals surface area contributed by atoms with Gasteiger partial charge in [0.1, 0.15) is 5.75 Å². The number of carbonyl (C=O) groups is 1. The van der Waals surface area contributed by atoms with Crippen molar-refractivity contribution < 1.29 is 9.90 Å². The van der Waals surface area contributed by atoms with Crippen molar-refractivity contribution >= 4 is 5.91 Å². The number of carbonyl (C=O) groups excluding carboxylic acids is 1. The largest absolute Gasteiger partial charge is 0.508 e. The molecule has 0 heterocycles. The van der Waals surface area contributed by atoms with E-state index in [4.69, 9.17) is 0 Å². The summed E-state index contributed by atoms with van der Waals surface area (Å²) in [5, 5.41) is 12.5. The van der Waals surface area contributed by atoms with Crippen molar-refractivity contribution in [1.82, 2.24) is 5.32 Å². The van der Waals surface area contributed by atoms with Gasteiger partial charge in [0.15, 0.2) is 0 Å². The van der Waals surface area contributed by atoms with Crippen molar-refractivity contribution in [1.29, 1.82) is 0 Å². The van der Waals surface area contributed by atoms with E-state index in [1.807, 2.05) is 12.1 Å². The van der Waals surface area contributed by atoms with Crippen LogP contribution in [0.5, 0.6) is 5.75 Å². The maximum Gasteiger partial charge on any atom is 0.220 e. The second kappa shape index (κ2) is 7.17. The standard InChI is InChI=1S/C16H23NO2/c18-15-10-6-5-9-14(15)12-17-16(19)11-13-7-3-1-2-4-8-13/h5-6,9-10,13,18H,1-4,7-8,11-12H2,(H,17,19). The Bertz CT molecular complexity index is 409. The van der Waals surface area contributed by atoms with E-state index in [0.717, 1.165) is 5.56 Å². The molecule has 0 atom stereocenters. The van der Waals surface area contributed by atoms with Crippen LogP contribution in [0.3, 0.4) is 0 Å². The summed E-state index contributed by atoms with van der Waals surface area (Å²) in [5.74, 6) is 0.902. The van der Waals surface area contributed by atoms with Gasteiger partial charge in [-0.1, -0.05) is 43.9 Å². The molecule has 1 aromatic rings. The maximum absolute atomic E-state index is 11.9. The number of phenolic OH excluding ortho intramolecular Hbond substituents is 1. The monoisotopic (exact) mass is 261 g/mol. The van der Waals surface area contributed by atoms with Crippen molar-refractivity contribution in [2.75, 3.05) is 0 Å². The summed E-state index contributed by atoms with van der Waals surface area (Å²) in [6.45, 7) is 0.415. The lowest BCUT2D eigenvalue weighted by Gasteiger charge is -2.13. The lowest BCUT2D eigenvalue weighted by atomic mass is 9.96. The zero-order valence-electron chi connectivity index (χ0n) is 11.4. The molecule has 1 saturated carbocycles. The Hall–Kier alpha value is -1.51. The molecule has 1 fully saturated rings. The Balaban J connectivity index is 1.76. The molecular weight excluding hydrogens is 238 g/mol.